The van der Waals surface area contributed by atoms with Gasteiger partial charge in [-0.15, -0.1) is 0 Å². The fraction of sp³-hybridized carbons (Fsp3) is 0.520. The van der Waals surface area contributed by atoms with Crippen LogP contribution < -0.4 is 16.4 Å². The van der Waals surface area contributed by atoms with Crippen molar-refractivity contribution in [1.82, 2.24) is 20.5 Å². The van der Waals surface area contributed by atoms with Crippen LogP contribution in [0.4, 0.5) is 0 Å². The predicted octanol–water partition coefficient (Wildman–Crippen LogP) is 1.15. The largest absolute Gasteiger partial charge is 0.480 e. The van der Waals surface area contributed by atoms with Crippen LogP contribution in [0, 0.1) is 5.92 Å². The van der Waals surface area contributed by atoms with Crippen molar-refractivity contribution in [3.05, 3.63) is 36.0 Å². The number of hydrogen-bond donors (Lipinski definition) is 5. The number of benzene rings is 1. The number of aliphatic carboxylic acids is 1. The summed E-state index contributed by atoms with van der Waals surface area (Å²) in [7, 11) is 0. The minimum atomic E-state index is -1.06. The summed E-state index contributed by atoms with van der Waals surface area (Å²) in [5, 5.41) is 16.0. The molecule has 1 aromatic heterocycles. The zero-order chi connectivity index (χ0) is 25.7. The zero-order valence-corrected chi connectivity index (χ0v) is 20.4. The van der Waals surface area contributed by atoms with E-state index < -0.39 is 47.9 Å². The van der Waals surface area contributed by atoms with Gasteiger partial charge in [-0.25, -0.2) is 4.79 Å². The highest BCUT2D eigenvalue weighted by molar-refractivity contribution is 5.95. The number of rotatable bonds is 10. The van der Waals surface area contributed by atoms with Gasteiger partial charge in [-0.1, -0.05) is 32.0 Å². The number of para-hydroxylation sites is 1. The van der Waals surface area contributed by atoms with Crippen molar-refractivity contribution >= 4 is 34.6 Å². The third kappa shape index (κ3) is 6.39. The van der Waals surface area contributed by atoms with Gasteiger partial charge in [0, 0.05) is 30.1 Å². The standard InChI is InChI=1S/C25H35N5O5/c1-14(2)11-19(28-22(31)15(3)26)23(32)29-20(24(33)30-10-6-9-21(30)25(34)35)12-16-13-27-18-8-5-4-7-17(16)18/h4-5,7-8,13-15,19-21,27H,6,9-12,26H2,1-3H3,(H,28,31)(H,29,32)(H,34,35)/t15-,19-,20-,21-/m0/s1. The van der Waals surface area contributed by atoms with Gasteiger partial charge in [0.05, 0.1) is 6.04 Å². The van der Waals surface area contributed by atoms with Crippen LogP contribution in [-0.2, 0) is 25.6 Å². The number of hydrogen-bond acceptors (Lipinski definition) is 5. The summed E-state index contributed by atoms with van der Waals surface area (Å²) in [5.41, 5.74) is 7.39. The third-order valence-electron chi connectivity index (χ3n) is 6.29. The van der Waals surface area contributed by atoms with Crippen LogP contribution in [0.25, 0.3) is 10.9 Å². The summed E-state index contributed by atoms with van der Waals surface area (Å²) in [4.78, 5) is 55.3. The molecular weight excluding hydrogens is 450 g/mol. The number of nitrogens with one attached hydrogen (secondary N) is 3. The highest BCUT2D eigenvalue weighted by atomic mass is 16.4. The fourth-order valence-electron chi connectivity index (χ4n) is 4.49. The molecule has 3 amide bonds. The van der Waals surface area contributed by atoms with Crippen molar-refractivity contribution in [2.45, 2.75) is 70.6 Å². The Morgan fingerprint density at radius 2 is 1.80 bits per heavy atom. The van der Waals surface area contributed by atoms with E-state index >= 15 is 0 Å². The molecule has 1 aliphatic rings. The third-order valence-corrected chi connectivity index (χ3v) is 6.29. The molecular formula is C25H35N5O5. The SMILES string of the molecule is CC(C)C[C@H](NC(=O)[C@H](C)N)C(=O)N[C@@H](Cc1c[nH]c2ccccc12)C(=O)N1CCC[C@H]1C(=O)O. The molecule has 190 valence electrons. The summed E-state index contributed by atoms with van der Waals surface area (Å²) in [6.45, 7) is 5.69. The van der Waals surface area contributed by atoms with Crippen LogP contribution in [-0.4, -0.2) is 69.4 Å². The first kappa shape index (κ1) is 26.2. The van der Waals surface area contributed by atoms with Gasteiger partial charge in [-0.3, -0.25) is 14.4 Å². The lowest BCUT2D eigenvalue weighted by Gasteiger charge is -2.29. The van der Waals surface area contributed by atoms with Gasteiger partial charge >= 0.3 is 5.97 Å². The molecule has 2 heterocycles. The number of aromatic nitrogens is 1. The Morgan fingerprint density at radius 1 is 1.11 bits per heavy atom. The van der Waals surface area contributed by atoms with E-state index in [1.807, 2.05) is 38.1 Å². The number of carbonyl (C=O) groups excluding carboxylic acids is 3. The fourth-order valence-corrected chi connectivity index (χ4v) is 4.49. The van der Waals surface area contributed by atoms with Crippen LogP contribution in [0.15, 0.2) is 30.5 Å². The van der Waals surface area contributed by atoms with Gasteiger partial charge in [-0.2, -0.15) is 0 Å². The van der Waals surface area contributed by atoms with E-state index in [-0.39, 0.29) is 12.3 Å². The number of amides is 3. The zero-order valence-electron chi connectivity index (χ0n) is 20.4. The number of nitrogens with two attached hydrogens (primary N) is 1. The number of carboxylic acids is 1. The first-order valence-electron chi connectivity index (χ1n) is 12.0. The molecule has 35 heavy (non-hydrogen) atoms. The Morgan fingerprint density at radius 3 is 2.46 bits per heavy atom. The number of carbonyl (C=O) groups is 4. The lowest BCUT2D eigenvalue weighted by Crippen LogP contribution is -2.57. The Hall–Kier alpha value is -3.40. The number of nitrogens with zero attached hydrogens (tertiary/aromatic N) is 1. The first-order valence-corrected chi connectivity index (χ1v) is 12.0. The molecule has 0 saturated carbocycles. The van der Waals surface area contributed by atoms with Gasteiger partial charge in [0.2, 0.25) is 17.7 Å². The second-order valence-corrected chi connectivity index (χ2v) is 9.63. The quantitative estimate of drug-likeness (QED) is 0.340. The number of fused-ring (bicyclic) bond motifs is 1. The maximum atomic E-state index is 13.6. The molecule has 6 N–H and O–H groups in total. The average Bonchev–Trinajstić information content (AvgIpc) is 3.45. The molecule has 0 radical (unpaired) electrons. The molecule has 1 fully saturated rings. The number of aromatic amines is 1. The Bertz CT molecular complexity index is 1080. The number of H-pyrrole nitrogens is 1. The van der Waals surface area contributed by atoms with Crippen LogP contribution >= 0.6 is 0 Å². The van der Waals surface area contributed by atoms with E-state index in [4.69, 9.17) is 5.73 Å². The topological polar surface area (TPSA) is 158 Å². The van der Waals surface area contributed by atoms with E-state index in [0.717, 1.165) is 16.5 Å². The molecule has 0 unspecified atom stereocenters. The van der Waals surface area contributed by atoms with E-state index in [9.17, 15) is 24.3 Å². The molecule has 4 atom stereocenters. The predicted molar refractivity (Wildman–Crippen MR) is 131 cm³/mol. The summed E-state index contributed by atoms with van der Waals surface area (Å²) in [5.74, 6) is -2.38. The minimum absolute atomic E-state index is 0.0943. The summed E-state index contributed by atoms with van der Waals surface area (Å²) >= 11 is 0. The van der Waals surface area contributed by atoms with Crippen molar-refractivity contribution in [2.75, 3.05) is 6.54 Å². The van der Waals surface area contributed by atoms with Crippen molar-refractivity contribution < 1.29 is 24.3 Å². The Labute approximate surface area is 204 Å². The second kappa shape index (κ2) is 11.4. The highest BCUT2D eigenvalue weighted by Gasteiger charge is 2.38. The lowest BCUT2D eigenvalue weighted by atomic mass is 10.00. The Kier molecular flexibility index (Phi) is 8.50. The Balaban J connectivity index is 1.89. The maximum Gasteiger partial charge on any atom is 0.326 e. The van der Waals surface area contributed by atoms with Gasteiger partial charge in [0.1, 0.15) is 18.1 Å². The molecule has 0 spiro atoms. The van der Waals surface area contributed by atoms with E-state index in [1.165, 1.54) is 11.8 Å². The summed E-state index contributed by atoms with van der Waals surface area (Å²) in [6, 6.07) is 4.03. The van der Waals surface area contributed by atoms with Crippen molar-refractivity contribution in [2.24, 2.45) is 11.7 Å². The molecule has 10 heteroatoms. The van der Waals surface area contributed by atoms with E-state index in [1.54, 1.807) is 6.20 Å². The van der Waals surface area contributed by atoms with Crippen molar-refractivity contribution in [1.29, 1.82) is 0 Å². The molecule has 2 aromatic rings. The lowest BCUT2D eigenvalue weighted by molar-refractivity contribution is -0.149. The molecule has 1 saturated heterocycles. The van der Waals surface area contributed by atoms with Crippen LogP contribution in [0.2, 0.25) is 0 Å². The molecule has 1 aromatic carbocycles. The maximum absolute atomic E-state index is 13.6. The van der Waals surface area contributed by atoms with Gasteiger partial charge in [-0.05, 0) is 43.7 Å². The van der Waals surface area contributed by atoms with Crippen LogP contribution in [0.3, 0.4) is 0 Å². The van der Waals surface area contributed by atoms with Gasteiger partial charge < -0.3 is 31.4 Å². The van der Waals surface area contributed by atoms with Gasteiger partial charge in [0.25, 0.3) is 0 Å². The van der Waals surface area contributed by atoms with E-state index in [0.29, 0.717) is 25.8 Å². The summed E-state index contributed by atoms with van der Waals surface area (Å²) < 4.78 is 0. The number of carboxylic acid groups (broad SMARTS) is 1. The summed E-state index contributed by atoms with van der Waals surface area (Å²) in [6.07, 6.45) is 3.28. The number of likely N-dealkylation sites (tertiary alicyclic amines) is 1. The van der Waals surface area contributed by atoms with Crippen molar-refractivity contribution in [3.8, 4) is 0 Å². The average molecular weight is 486 g/mol. The molecule has 0 bridgehead atoms. The van der Waals surface area contributed by atoms with Crippen molar-refractivity contribution in [3.63, 3.8) is 0 Å². The molecule has 10 nitrogen and oxygen atoms in total. The normalized spacial score (nSPS) is 18.3. The minimum Gasteiger partial charge on any atom is -0.480 e. The smallest absolute Gasteiger partial charge is 0.326 e. The molecule has 1 aliphatic heterocycles. The second-order valence-electron chi connectivity index (χ2n) is 9.63. The molecule has 0 aliphatic carbocycles. The van der Waals surface area contributed by atoms with Crippen LogP contribution in [0.5, 0.6) is 0 Å². The monoisotopic (exact) mass is 485 g/mol. The van der Waals surface area contributed by atoms with Gasteiger partial charge in [0.15, 0.2) is 0 Å². The highest BCUT2D eigenvalue weighted by Crippen LogP contribution is 2.23. The van der Waals surface area contributed by atoms with E-state index in [2.05, 4.69) is 15.6 Å². The first-order chi connectivity index (χ1) is 16.6. The van der Waals surface area contributed by atoms with Crippen LogP contribution in [0.1, 0.15) is 45.6 Å². The molecule has 3 rings (SSSR count).